The van der Waals surface area contributed by atoms with Gasteiger partial charge in [-0.15, -0.1) is 11.3 Å². The molecule has 1 saturated heterocycles. The Kier molecular flexibility index (Phi) is 3.06. The molecule has 0 aliphatic carbocycles. The summed E-state index contributed by atoms with van der Waals surface area (Å²) in [6.07, 6.45) is 3.21. The number of thiophene rings is 1. The van der Waals surface area contributed by atoms with E-state index >= 15 is 0 Å². The Morgan fingerprint density at radius 1 is 1.47 bits per heavy atom. The minimum absolute atomic E-state index is 0.106. The minimum Gasteiger partial charge on any atom is -0.459 e. The molecule has 0 saturated carbocycles. The van der Waals surface area contributed by atoms with Crippen molar-refractivity contribution in [1.82, 2.24) is 4.90 Å². The Balaban J connectivity index is 2.00. The van der Waals surface area contributed by atoms with Gasteiger partial charge >= 0.3 is 5.97 Å². The Labute approximate surface area is 117 Å². The van der Waals surface area contributed by atoms with Gasteiger partial charge in [-0.3, -0.25) is 4.90 Å². The fourth-order valence-corrected chi connectivity index (χ4v) is 4.56. The number of nitrogens with two attached hydrogens (primary N) is 1. The van der Waals surface area contributed by atoms with Crippen LogP contribution in [0.2, 0.25) is 0 Å². The van der Waals surface area contributed by atoms with Crippen molar-refractivity contribution in [3.05, 3.63) is 16.0 Å². The number of rotatable bonds is 2. The predicted molar refractivity (Wildman–Crippen MR) is 76.5 cm³/mol. The van der Waals surface area contributed by atoms with E-state index in [-0.39, 0.29) is 12.1 Å². The van der Waals surface area contributed by atoms with E-state index in [1.165, 1.54) is 17.7 Å². The molecule has 0 aromatic carbocycles. The Bertz CT molecular complexity index is 524. The lowest BCUT2D eigenvalue weighted by Crippen LogP contribution is -2.34. The highest BCUT2D eigenvalue weighted by Crippen LogP contribution is 2.48. The van der Waals surface area contributed by atoms with Gasteiger partial charge in [0, 0.05) is 17.0 Å². The molecule has 5 heteroatoms. The number of hydrogen-bond acceptors (Lipinski definition) is 5. The van der Waals surface area contributed by atoms with Crippen LogP contribution in [0.15, 0.2) is 0 Å². The van der Waals surface area contributed by atoms with Crippen LogP contribution in [0.1, 0.15) is 53.5 Å². The maximum atomic E-state index is 12.2. The van der Waals surface area contributed by atoms with Gasteiger partial charge in [0.15, 0.2) is 0 Å². The SMILES string of the molecule is CC(C)OC(=O)c1c(N)sc2c1CC1CCC2N1C. The second-order valence-corrected chi connectivity index (χ2v) is 6.84. The van der Waals surface area contributed by atoms with Gasteiger partial charge in [0.1, 0.15) is 5.00 Å². The summed E-state index contributed by atoms with van der Waals surface area (Å²) in [7, 11) is 2.17. The predicted octanol–water partition coefficient (Wildman–Crippen LogP) is 2.59. The zero-order valence-electron chi connectivity index (χ0n) is 11.6. The van der Waals surface area contributed by atoms with Gasteiger partial charge in [0.2, 0.25) is 0 Å². The van der Waals surface area contributed by atoms with E-state index in [1.54, 1.807) is 11.3 Å². The van der Waals surface area contributed by atoms with Gasteiger partial charge in [-0.2, -0.15) is 0 Å². The molecule has 1 aromatic heterocycles. The standard InChI is InChI=1S/C14H20N2O2S/c1-7(2)18-14(17)11-9-6-8-4-5-10(16(8)3)12(9)19-13(11)15/h7-8,10H,4-6,15H2,1-3H3. The van der Waals surface area contributed by atoms with E-state index in [0.717, 1.165) is 12.0 Å². The van der Waals surface area contributed by atoms with Crippen molar-refractivity contribution in [2.75, 3.05) is 12.8 Å². The third kappa shape index (κ3) is 1.96. The first kappa shape index (κ1) is 12.9. The summed E-state index contributed by atoms with van der Waals surface area (Å²) in [5, 5.41) is 0.622. The largest absolute Gasteiger partial charge is 0.459 e. The van der Waals surface area contributed by atoms with Crippen molar-refractivity contribution in [3.63, 3.8) is 0 Å². The maximum absolute atomic E-state index is 12.2. The molecule has 2 aliphatic rings. The van der Waals surface area contributed by atoms with E-state index in [9.17, 15) is 4.79 Å². The molecule has 1 fully saturated rings. The van der Waals surface area contributed by atoms with Crippen LogP contribution in [-0.4, -0.2) is 30.1 Å². The van der Waals surface area contributed by atoms with Gasteiger partial charge in [0.25, 0.3) is 0 Å². The number of nitrogen functional groups attached to an aromatic ring is 1. The Morgan fingerprint density at radius 3 is 2.89 bits per heavy atom. The van der Waals surface area contributed by atoms with Gasteiger partial charge in [-0.05, 0) is 45.7 Å². The van der Waals surface area contributed by atoms with Crippen LogP contribution < -0.4 is 5.73 Å². The number of esters is 1. The summed E-state index contributed by atoms with van der Waals surface area (Å²) in [5.41, 5.74) is 7.86. The summed E-state index contributed by atoms with van der Waals surface area (Å²) < 4.78 is 5.33. The summed E-state index contributed by atoms with van der Waals surface area (Å²) in [4.78, 5) is 15.9. The lowest BCUT2D eigenvalue weighted by Gasteiger charge is -2.31. The van der Waals surface area contributed by atoms with Crippen LogP contribution >= 0.6 is 11.3 Å². The van der Waals surface area contributed by atoms with Crippen LogP contribution in [0.5, 0.6) is 0 Å². The highest BCUT2D eigenvalue weighted by atomic mass is 32.1. The fraction of sp³-hybridized carbons (Fsp3) is 0.643. The molecule has 104 valence electrons. The molecule has 2 unspecified atom stereocenters. The number of anilines is 1. The van der Waals surface area contributed by atoms with Crippen molar-refractivity contribution in [1.29, 1.82) is 0 Å². The second kappa shape index (κ2) is 4.49. The lowest BCUT2D eigenvalue weighted by molar-refractivity contribution is 0.0377. The third-order valence-corrected chi connectivity index (χ3v) is 5.36. The van der Waals surface area contributed by atoms with Crippen LogP contribution in [0.25, 0.3) is 0 Å². The number of nitrogens with zero attached hydrogens (tertiary/aromatic N) is 1. The molecular weight excluding hydrogens is 260 g/mol. The molecule has 3 heterocycles. The average molecular weight is 280 g/mol. The van der Waals surface area contributed by atoms with E-state index < -0.39 is 0 Å². The molecule has 2 N–H and O–H groups in total. The van der Waals surface area contributed by atoms with Crippen LogP contribution in [-0.2, 0) is 11.2 Å². The molecule has 2 bridgehead atoms. The zero-order chi connectivity index (χ0) is 13.7. The van der Waals surface area contributed by atoms with E-state index in [2.05, 4.69) is 11.9 Å². The number of likely N-dealkylation sites (N-methyl/N-ethyl adjacent to an activating group) is 1. The molecule has 3 rings (SSSR count). The molecule has 0 amide bonds. The highest BCUT2D eigenvalue weighted by molar-refractivity contribution is 7.16. The maximum Gasteiger partial charge on any atom is 0.341 e. The first-order valence-corrected chi connectivity index (χ1v) is 7.64. The molecule has 19 heavy (non-hydrogen) atoms. The zero-order valence-corrected chi connectivity index (χ0v) is 12.4. The van der Waals surface area contributed by atoms with Crippen molar-refractivity contribution >= 4 is 22.3 Å². The van der Waals surface area contributed by atoms with Crippen molar-refractivity contribution in [2.45, 2.75) is 51.3 Å². The van der Waals surface area contributed by atoms with E-state index in [1.807, 2.05) is 13.8 Å². The number of fused-ring (bicyclic) bond motifs is 4. The molecule has 2 atom stereocenters. The van der Waals surface area contributed by atoms with Crippen LogP contribution in [0.3, 0.4) is 0 Å². The topological polar surface area (TPSA) is 55.6 Å². The van der Waals surface area contributed by atoms with E-state index in [4.69, 9.17) is 10.5 Å². The normalized spacial score (nSPS) is 25.7. The molecule has 4 nitrogen and oxygen atoms in total. The molecule has 0 radical (unpaired) electrons. The third-order valence-electron chi connectivity index (χ3n) is 4.20. The molecule has 2 aliphatic heterocycles. The molecule has 1 aromatic rings. The van der Waals surface area contributed by atoms with Crippen molar-refractivity contribution in [3.8, 4) is 0 Å². The average Bonchev–Trinajstić information content (AvgIpc) is 2.75. The van der Waals surface area contributed by atoms with Gasteiger partial charge in [-0.1, -0.05) is 0 Å². The second-order valence-electron chi connectivity index (χ2n) is 5.75. The summed E-state index contributed by atoms with van der Waals surface area (Å²) in [5.74, 6) is -0.256. The quantitative estimate of drug-likeness (QED) is 0.846. The number of carbonyl (C=O) groups is 1. The van der Waals surface area contributed by atoms with Crippen molar-refractivity contribution < 1.29 is 9.53 Å². The summed E-state index contributed by atoms with van der Waals surface area (Å²) >= 11 is 1.57. The van der Waals surface area contributed by atoms with Crippen LogP contribution in [0.4, 0.5) is 5.00 Å². The Morgan fingerprint density at radius 2 is 2.21 bits per heavy atom. The number of carbonyl (C=O) groups excluding carboxylic acids is 1. The van der Waals surface area contributed by atoms with Crippen molar-refractivity contribution in [2.24, 2.45) is 0 Å². The van der Waals surface area contributed by atoms with Gasteiger partial charge < -0.3 is 10.5 Å². The highest BCUT2D eigenvalue weighted by Gasteiger charge is 2.41. The fourth-order valence-electron chi connectivity index (χ4n) is 3.28. The first-order chi connectivity index (χ1) is 8.99. The smallest absolute Gasteiger partial charge is 0.341 e. The van der Waals surface area contributed by atoms with E-state index in [0.29, 0.717) is 22.6 Å². The monoisotopic (exact) mass is 280 g/mol. The molecule has 0 spiro atoms. The van der Waals surface area contributed by atoms with Gasteiger partial charge in [0.05, 0.1) is 11.7 Å². The summed E-state index contributed by atoms with van der Waals surface area (Å²) in [6.45, 7) is 3.73. The Hall–Kier alpha value is -1.07. The number of hydrogen-bond donors (Lipinski definition) is 1. The minimum atomic E-state index is -0.256. The number of ether oxygens (including phenoxy) is 1. The summed E-state index contributed by atoms with van der Waals surface area (Å²) in [6, 6.07) is 0.999. The first-order valence-electron chi connectivity index (χ1n) is 6.83. The van der Waals surface area contributed by atoms with Gasteiger partial charge in [-0.25, -0.2) is 4.79 Å². The lowest BCUT2D eigenvalue weighted by atomic mass is 9.97. The van der Waals surface area contributed by atoms with Crippen LogP contribution in [0, 0.1) is 0 Å². The molecular formula is C14H20N2O2S.